The van der Waals surface area contributed by atoms with Crippen LogP contribution in [0.3, 0.4) is 0 Å². The van der Waals surface area contributed by atoms with Gasteiger partial charge in [0.15, 0.2) is 0 Å². The third-order valence-electron chi connectivity index (χ3n) is 4.77. The summed E-state index contributed by atoms with van der Waals surface area (Å²) in [4.78, 5) is 17.3. The molecule has 0 unspecified atom stereocenters. The highest BCUT2D eigenvalue weighted by Crippen LogP contribution is 2.25. The Morgan fingerprint density at radius 3 is 3.00 bits per heavy atom. The van der Waals surface area contributed by atoms with Gasteiger partial charge in [-0.1, -0.05) is 12.5 Å². The van der Waals surface area contributed by atoms with E-state index >= 15 is 0 Å². The number of aromatic nitrogens is 2. The standard InChI is InChI=1S/C21H23N3O2/c1-2-26-17-8-6-7-15(13-17)21(25)22-16-10-11-19-18(14-16)23-20-9-4-3-5-12-24(19)20/h6-8,10-11,13-14H,2-5,9,12H2,1H3,(H,22,25). The van der Waals surface area contributed by atoms with Crippen LogP contribution in [0.2, 0.25) is 0 Å². The third kappa shape index (κ3) is 3.29. The first kappa shape index (κ1) is 16.6. The van der Waals surface area contributed by atoms with Crippen molar-refractivity contribution in [1.29, 1.82) is 0 Å². The fraction of sp³-hybridized carbons (Fsp3) is 0.333. The second-order valence-electron chi connectivity index (χ2n) is 6.61. The molecule has 0 spiro atoms. The number of imidazole rings is 1. The van der Waals surface area contributed by atoms with Crippen molar-refractivity contribution in [2.24, 2.45) is 0 Å². The van der Waals surface area contributed by atoms with Crippen molar-refractivity contribution in [1.82, 2.24) is 9.55 Å². The quantitative estimate of drug-likeness (QED) is 0.759. The molecule has 134 valence electrons. The van der Waals surface area contributed by atoms with Crippen molar-refractivity contribution < 1.29 is 9.53 Å². The number of carbonyl (C=O) groups is 1. The minimum atomic E-state index is -0.147. The number of benzene rings is 2. The number of aryl methyl sites for hydroxylation is 2. The minimum absolute atomic E-state index is 0.147. The lowest BCUT2D eigenvalue weighted by Crippen LogP contribution is -2.12. The fourth-order valence-electron chi connectivity index (χ4n) is 3.52. The van der Waals surface area contributed by atoms with Gasteiger partial charge in [0.05, 0.1) is 17.6 Å². The molecule has 2 heterocycles. The molecule has 0 saturated heterocycles. The zero-order valence-corrected chi connectivity index (χ0v) is 15.0. The van der Waals surface area contributed by atoms with Crippen molar-refractivity contribution >= 4 is 22.6 Å². The van der Waals surface area contributed by atoms with Gasteiger partial charge in [-0.2, -0.15) is 0 Å². The van der Waals surface area contributed by atoms with Crippen molar-refractivity contribution in [3.05, 3.63) is 53.9 Å². The number of hydrogen-bond acceptors (Lipinski definition) is 3. The van der Waals surface area contributed by atoms with Crippen LogP contribution in [-0.2, 0) is 13.0 Å². The van der Waals surface area contributed by atoms with Gasteiger partial charge >= 0.3 is 0 Å². The summed E-state index contributed by atoms with van der Waals surface area (Å²) < 4.78 is 7.79. The summed E-state index contributed by atoms with van der Waals surface area (Å²) in [6, 6.07) is 13.2. The minimum Gasteiger partial charge on any atom is -0.494 e. The maximum Gasteiger partial charge on any atom is 0.255 e. The topological polar surface area (TPSA) is 56.1 Å². The SMILES string of the molecule is CCOc1cccc(C(=O)Nc2ccc3c(c2)nc2n3CCCCC2)c1. The summed E-state index contributed by atoms with van der Waals surface area (Å²) in [5, 5.41) is 2.97. The van der Waals surface area contributed by atoms with Gasteiger partial charge in [0.2, 0.25) is 0 Å². The van der Waals surface area contributed by atoms with E-state index in [2.05, 4.69) is 16.0 Å². The first-order chi connectivity index (χ1) is 12.7. The summed E-state index contributed by atoms with van der Waals surface area (Å²) >= 11 is 0. The normalized spacial score (nSPS) is 13.9. The molecule has 26 heavy (non-hydrogen) atoms. The van der Waals surface area contributed by atoms with Crippen LogP contribution < -0.4 is 10.1 Å². The van der Waals surface area contributed by atoms with E-state index in [-0.39, 0.29) is 5.91 Å². The maximum atomic E-state index is 12.6. The summed E-state index contributed by atoms with van der Waals surface area (Å²) in [5.41, 5.74) is 3.44. The zero-order valence-electron chi connectivity index (χ0n) is 15.0. The van der Waals surface area contributed by atoms with Crippen molar-refractivity contribution in [3.8, 4) is 5.75 Å². The molecule has 1 aliphatic heterocycles. The van der Waals surface area contributed by atoms with Gasteiger partial charge in [-0.05, 0) is 56.2 Å². The highest BCUT2D eigenvalue weighted by Gasteiger charge is 2.14. The van der Waals surface area contributed by atoms with E-state index in [4.69, 9.17) is 9.72 Å². The van der Waals surface area contributed by atoms with E-state index < -0.39 is 0 Å². The molecular formula is C21H23N3O2. The largest absolute Gasteiger partial charge is 0.494 e. The van der Waals surface area contributed by atoms with Crippen LogP contribution in [0.25, 0.3) is 11.0 Å². The number of rotatable bonds is 4. The third-order valence-corrected chi connectivity index (χ3v) is 4.77. The Kier molecular flexibility index (Phi) is 4.61. The second-order valence-corrected chi connectivity index (χ2v) is 6.61. The smallest absolute Gasteiger partial charge is 0.255 e. The molecule has 2 aromatic carbocycles. The lowest BCUT2D eigenvalue weighted by Gasteiger charge is -2.08. The molecule has 1 N–H and O–H groups in total. The molecule has 1 amide bonds. The number of carbonyl (C=O) groups excluding carboxylic acids is 1. The molecule has 4 rings (SSSR count). The molecule has 0 fully saturated rings. The van der Waals surface area contributed by atoms with Gasteiger partial charge in [0, 0.05) is 24.2 Å². The first-order valence-corrected chi connectivity index (χ1v) is 9.28. The summed E-state index contributed by atoms with van der Waals surface area (Å²) in [6.07, 6.45) is 4.69. The van der Waals surface area contributed by atoms with Gasteiger partial charge in [-0.15, -0.1) is 0 Å². The summed E-state index contributed by atoms with van der Waals surface area (Å²) in [7, 11) is 0. The molecule has 0 aliphatic carbocycles. The van der Waals surface area contributed by atoms with Crippen LogP contribution in [0.15, 0.2) is 42.5 Å². The molecule has 0 atom stereocenters. The number of hydrogen-bond donors (Lipinski definition) is 1. The molecular weight excluding hydrogens is 326 g/mol. The van der Waals surface area contributed by atoms with Gasteiger partial charge in [0.25, 0.3) is 5.91 Å². The Bertz CT molecular complexity index is 946. The van der Waals surface area contributed by atoms with E-state index in [1.807, 2.05) is 31.2 Å². The number of ether oxygens (including phenoxy) is 1. The summed E-state index contributed by atoms with van der Waals surface area (Å²) in [6.45, 7) is 3.53. The van der Waals surface area contributed by atoms with Gasteiger partial charge < -0.3 is 14.6 Å². The number of fused-ring (bicyclic) bond motifs is 3. The van der Waals surface area contributed by atoms with Crippen LogP contribution >= 0.6 is 0 Å². The highest BCUT2D eigenvalue weighted by molar-refractivity contribution is 6.05. The number of nitrogens with one attached hydrogen (secondary N) is 1. The molecule has 1 aromatic heterocycles. The molecule has 5 nitrogen and oxygen atoms in total. The van der Waals surface area contributed by atoms with Crippen LogP contribution in [0.4, 0.5) is 5.69 Å². The first-order valence-electron chi connectivity index (χ1n) is 9.28. The average molecular weight is 349 g/mol. The van der Waals surface area contributed by atoms with Gasteiger partial charge in [0.1, 0.15) is 11.6 Å². The Morgan fingerprint density at radius 2 is 2.12 bits per heavy atom. The van der Waals surface area contributed by atoms with Gasteiger partial charge in [-0.3, -0.25) is 4.79 Å². The number of nitrogens with zero attached hydrogens (tertiary/aromatic N) is 2. The lowest BCUT2D eigenvalue weighted by atomic mass is 10.2. The Balaban J connectivity index is 1.57. The molecule has 3 aromatic rings. The monoisotopic (exact) mass is 349 g/mol. The summed E-state index contributed by atoms with van der Waals surface area (Å²) in [5.74, 6) is 1.71. The van der Waals surface area contributed by atoms with E-state index in [1.165, 1.54) is 19.3 Å². The van der Waals surface area contributed by atoms with E-state index in [0.717, 1.165) is 35.5 Å². The lowest BCUT2D eigenvalue weighted by molar-refractivity contribution is 0.102. The highest BCUT2D eigenvalue weighted by atomic mass is 16.5. The predicted molar refractivity (Wildman–Crippen MR) is 103 cm³/mol. The average Bonchev–Trinajstić information content (AvgIpc) is 2.82. The van der Waals surface area contributed by atoms with Crippen molar-refractivity contribution in [2.75, 3.05) is 11.9 Å². The molecule has 0 bridgehead atoms. The Morgan fingerprint density at radius 1 is 1.19 bits per heavy atom. The van der Waals surface area contributed by atoms with Crippen molar-refractivity contribution in [2.45, 2.75) is 39.2 Å². The molecule has 5 heteroatoms. The van der Waals surface area contributed by atoms with Crippen LogP contribution in [-0.4, -0.2) is 22.1 Å². The van der Waals surface area contributed by atoms with Crippen LogP contribution in [0, 0.1) is 0 Å². The van der Waals surface area contributed by atoms with E-state index in [0.29, 0.717) is 17.9 Å². The predicted octanol–water partition coefficient (Wildman–Crippen LogP) is 4.41. The van der Waals surface area contributed by atoms with Gasteiger partial charge in [-0.25, -0.2) is 4.98 Å². The number of anilines is 1. The van der Waals surface area contributed by atoms with Crippen molar-refractivity contribution in [3.63, 3.8) is 0 Å². The fourth-order valence-corrected chi connectivity index (χ4v) is 3.52. The second kappa shape index (κ2) is 7.20. The Hall–Kier alpha value is -2.82. The molecule has 0 saturated carbocycles. The molecule has 1 aliphatic rings. The van der Waals surface area contributed by atoms with E-state index in [9.17, 15) is 4.79 Å². The van der Waals surface area contributed by atoms with Crippen LogP contribution in [0.5, 0.6) is 5.75 Å². The zero-order chi connectivity index (χ0) is 17.9. The molecule has 0 radical (unpaired) electrons. The van der Waals surface area contributed by atoms with Crippen LogP contribution in [0.1, 0.15) is 42.4 Å². The van der Waals surface area contributed by atoms with E-state index in [1.54, 1.807) is 12.1 Å². The number of amides is 1. The maximum absolute atomic E-state index is 12.6. The Labute approximate surface area is 153 Å².